The molecule has 1 fully saturated rings. The Morgan fingerprint density at radius 3 is 2.86 bits per heavy atom. The number of aromatic nitrogens is 3. The number of hydrogen-bond acceptors (Lipinski definition) is 5. The number of amides is 1. The molecular formula is C14H18N4O3. The van der Waals surface area contributed by atoms with Crippen LogP contribution in [0.2, 0.25) is 0 Å². The predicted molar refractivity (Wildman–Crippen MR) is 73.9 cm³/mol. The average molecular weight is 290 g/mol. The van der Waals surface area contributed by atoms with Gasteiger partial charge < -0.3 is 14.1 Å². The van der Waals surface area contributed by atoms with Gasteiger partial charge in [-0.1, -0.05) is 0 Å². The maximum atomic E-state index is 12.6. The fourth-order valence-corrected chi connectivity index (χ4v) is 2.51. The minimum atomic E-state index is -0.291. The standard InChI is InChI=1S/C14H18N4O3/c1-8-6-11(9(2)21-8)14(19)18-4-5-20-12(7-18)13-15-10(3)16-17-13/h6,12H,4-5,7H2,1-3H3,(H,15,16,17)/t12-/m0/s1. The van der Waals surface area contributed by atoms with Gasteiger partial charge in [0.2, 0.25) is 0 Å². The molecule has 112 valence electrons. The first-order valence-electron chi connectivity index (χ1n) is 6.91. The molecule has 0 radical (unpaired) electrons. The van der Waals surface area contributed by atoms with E-state index in [4.69, 9.17) is 9.15 Å². The van der Waals surface area contributed by atoms with Gasteiger partial charge in [0.05, 0.1) is 18.7 Å². The second kappa shape index (κ2) is 5.33. The molecule has 3 rings (SSSR count). The van der Waals surface area contributed by atoms with Crippen molar-refractivity contribution in [1.29, 1.82) is 0 Å². The molecule has 2 aromatic heterocycles. The van der Waals surface area contributed by atoms with Gasteiger partial charge in [-0.2, -0.15) is 5.10 Å². The molecule has 1 amide bonds. The van der Waals surface area contributed by atoms with Gasteiger partial charge in [-0.15, -0.1) is 0 Å². The van der Waals surface area contributed by atoms with Gasteiger partial charge in [-0.25, -0.2) is 4.98 Å². The smallest absolute Gasteiger partial charge is 0.257 e. The van der Waals surface area contributed by atoms with Crippen molar-refractivity contribution in [2.45, 2.75) is 26.9 Å². The Balaban J connectivity index is 1.77. The monoisotopic (exact) mass is 290 g/mol. The van der Waals surface area contributed by atoms with Crippen LogP contribution in [0.5, 0.6) is 0 Å². The number of hydrogen-bond donors (Lipinski definition) is 1. The third kappa shape index (κ3) is 2.69. The van der Waals surface area contributed by atoms with E-state index in [1.54, 1.807) is 17.9 Å². The number of ether oxygens (including phenoxy) is 1. The molecule has 7 nitrogen and oxygen atoms in total. The molecular weight excluding hydrogens is 272 g/mol. The van der Waals surface area contributed by atoms with E-state index in [1.807, 2.05) is 13.8 Å². The van der Waals surface area contributed by atoms with E-state index >= 15 is 0 Å². The maximum Gasteiger partial charge on any atom is 0.257 e. The van der Waals surface area contributed by atoms with Crippen LogP contribution in [0.3, 0.4) is 0 Å². The summed E-state index contributed by atoms with van der Waals surface area (Å²) in [4.78, 5) is 18.6. The molecule has 0 bridgehead atoms. The van der Waals surface area contributed by atoms with Gasteiger partial charge in [0, 0.05) is 6.54 Å². The fraction of sp³-hybridized carbons (Fsp3) is 0.500. The minimum absolute atomic E-state index is 0.0371. The van der Waals surface area contributed by atoms with Crippen molar-refractivity contribution < 1.29 is 13.9 Å². The molecule has 1 N–H and O–H groups in total. The lowest BCUT2D eigenvalue weighted by atomic mass is 10.2. The Bertz CT molecular complexity index is 661. The lowest BCUT2D eigenvalue weighted by Gasteiger charge is -2.31. The number of carbonyl (C=O) groups excluding carboxylic acids is 1. The zero-order valence-corrected chi connectivity index (χ0v) is 12.3. The number of carbonyl (C=O) groups is 1. The first kappa shape index (κ1) is 13.8. The topological polar surface area (TPSA) is 84.2 Å². The quantitative estimate of drug-likeness (QED) is 0.906. The van der Waals surface area contributed by atoms with Crippen LogP contribution in [-0.4, -0.2) is 45.7 Å². The molecule has 21 heavy (non-hydrogen) atoms. The number of rotatable bonds is 2. The van der Waals surface area contributed by atoms with Crippen LogP contribution in [0, 0.1) is 20.8 Å². The van der Waals surface area contributed by atoms with Crippen molar-refractivity contribution in [3.8, 4) is 0 Å². The summed E-state index contributed by atoms with van der Waals surface area (Å²) in [6.45, 7) is 6.95. The molecule has 3 heterocycles. The molecule has 0 aliphatic carbocycles. The Morgan fingerprint density at radius 1 is 1.43 bits per heavy atom. The van der Waals surface area contributed by atoms with Crippen LogP contribution < -0.4 is 0 Å². The Hall–Kier alpha value is -2.15. The molecule has 0 aromatic carbocycles. The van der Waals surface area contributed by atoms with E-state index in [2.05, 4.69) is 15.2 Å². The van der Waals surface area contributed by atoms with Crippen molar-refractivity contribution in [2.24, 2.45) is 0 Å². The number of H-pyrrole nitrogens is 1. The van der Waals surface area contributed by atoms with E-state index in [1.165, 1.54) is 0 Å². The van der Waals surface area contributed by atoms with Gasteiger partial charge in [-0.3, -0.25) is 9.89 Å². The number of aromatic amines is 1. The van der Waals surface area contributed by atoms with Crippen molar-refractivity contribution >= 4 is 5.91 Å². The number of nitrogens with zero attached hydrogens (tertiary/aromatic N) is 3. The minimum Gasteiger partial charge on any atom is -0.466 e. The van der Waals surface area contributed by atoms with Crippen LogP contribution in [-0.2, 0) is 4.74 Å². The molecule has 1 aliphatic rings. The zero-order valence-electron chi connectivity index (χ0n) is 12.3. The predicted octanol–water partition coefficient (Wildman–Crippen LogP) is 1.54. The lowest BCUT2D eigenvalue weighted by molar-refractivity contribution is -0.0267. The van der Waals surface area contributed by atoms with Crippen LogP contribution in [0.4, 0.5) is 0 Å². The summed E-state index contributed by atoms with van der Waals surface area (Å²) in [5.41, 5.74) is 0.610. The van der Waals surface area contributed by atoms with Gasteiger partial charge in [0.15, 0.2) is 5.82 Å². The fourth-order valence-electron chi connectivity index (χ4n) is 2.51. The molecule has 1 atom stereocenters. The molecule has 0 spiro atoms. The van der Waals surface area contributed by atoms with Crippen LogP contribution >= 0.6 is 0 Å². The van der Waals surface area contributed by atoms with Crippen LogP contribution in [0.15, 0.2) is 10.5 Å². The van der Waals surface area contributed by atoms with Crippen molar-refractivity contribution in [3.63, 3.8) is 0 Å². The Labute approximate surface area is 122 Å². The highest BCUT2D eigenvalue weighted by molar-refractivity contribution is 5.95. The summed E-state index contributed by atoms with van der Waals surface area (Å²) in [7, 11) is 0. The lowest BCUT2D eigenvalue weighted by Crippen LogP contribution is -2.42. The Morgan fingerprint density at radius 2 is 2.24 bits per heavy atom. The largest absolute Gasteiger partial charge is 0.466 e. The number of furan rings is 1. The third-order valence-electron chi connectivity index (χ3n) is 3.53. The Kier molecular flexibility index (Phi) is 3.50. The van der Waals surface area contributed by atoms with E-state index in [-0.39, 0.29) is 12.0 Å². The molecule has 1 aliphatic heterocycles. The molecule has 2 aromatic rings. The van der Waals surface area contributed by atoms with Gasteiger partial charge in [0.1, 0.15) is 23.4 Å². The van der Waals surface area contributed by atoms with E-state index < -0.39 is 0 Å². The van der Waals surface area contributed by atoms with Gasteiger partial charge in [0.25, 0.3) is 5.91 Å². The van der Waals surface area contributed by atoms with Gasteiger partial charge in [-0.05, 0) is 26.8 Å². The first-order chi connectivity index (χ1) is 10.0. The first-order valence-corrected chi connectivity index (χ1v) is 6.91. The molecule has 0 saturated carbocycles. The highest BCUT2D eigenvalue weighted by Gasteiger charge is 2.29. The van der Waals surface area contributed by atoms with Crippen LogP contribution in [0.25, 0.3) is 0 Å². The summed E-state index contributed by atoms with van der Waals surface area (Å²) >= 11 is 0. The maximum absolute atomic E-state index is 12.6. The van der Waals surface area contributed by atoms with Crippen molar-refractivity contribution in [3.05, 3.63) is 34.8 Å². The second-order valence-corrected chi connectivity index (χ2v) is 5.22. The highest BCUT2D eigenvalue weighted by Crippen LogP contribution is 2.22. The summed E-state index contributed by atoms with van der Waals surface area (Å²) < 4.78 is 11.1. The highest BCUT2D eigenvalue weighted by atomic mass is 16.5. The second-order valence-electron chi connectivity index (χ2n) is 5.22. The molecule has 1 saturated heterocycles. The molecule has 0 unspecified atom stereocenters. The van der Waals surface area contributed by atoms with E-state index in [0.29, 0.717) is 36.8 Å². The van der Waals surface area contributed by atoms with Crippen LogP contribution in [0.1, 0.15) is 39.6 Å². The molecule has 7 heteroatoms. The van der Waals surface area contributed by atoms with Crippen molar-refractivity contribution in [2.75, 3.05) is 19.7 Å². The number of nitrogens with one attached hydrogen (secondary N) is 1. The third-order valence-corrected chi connectivity index (χ3v) is 3.53. The van der Waals surface area contributed by atoms with E-state index in [9.17, 15) is 4.79 Å². The number of aryl methyl sites for hydroxylation is 3. The summed E-state index contributed by atoms with van der Waals surface area (Å²) in [6, 6.07) is 1.78. The summed E-state index contributed by atoms with van der Waals surface area (Å²) in [5, 5.41) is 6.90. The normalized spacial score (nSPS) is 19.0. The van der Waals surface area contributed by atoms with Gasteiger partial charge >= 0.3 is 0 Å². The summed E-state index contributed by atoms with van der Waals surface area (Å²) in [6.07, 6.45) is -0.291. The zero-order chi connectivity index (χ0) is 15.0. The van der Waals surface area contributed by atoms with E-state index in [0.717, 1.165) is 11.6 Å². The average Bonchev–Trinajstić information content (AvgIpc) is 3.04. The number of morpholine rings is 1. The van der Waals surface area contributed by atoms with Crippen molar-refractivity contribution in [1.82, 2.24) is 20.1 Å². The SMILES string of the molecule is Cc1nc([C@@H]2CN(C(=O)c3cc(C)oc3C)CCO2)n[nH]1. The summed E-state index contributed by atoms with van der Waals surface area (Å²) in [5.74, 6) is 2.67.